The number of nitrogens with zero attached hydrogens (tertiary/aromatic N) is 3. The second-order valence-corrected chi connectivity index (χ2v) is 5.29. The summed E-state index contributed by atoms with van der Waals surface area (Å²) in [6, 6.07) is 11.6. The minimum absolute atomic E-state index is 0.00657. The average molecular weight is 312 g/mol. The van der Waals surface area contributed by atoms with Crippen LogP contribution in [0, 0.1) is 0 Å². The maximum atomic E-state index is 9.32. The molecule has 0 aliphatic carbocycles. The van der Waals surface area contributed by atoms with E-state index in [-0.39, 0.29) is 12.6 Å². The topological polar surface area (TPSA) is 71.7 Å². The van der Waals surface area contributed by atoms with Gasteiger partial charge in [0.2, 0.25) is 0 Å². The van der Waals surface area contributed by atoms with Gasteiger partial charge in [0, 0.05) is 5.56 Å². The van der Waals surface area contributed by atoms with Gasteiger partial charge < -0.3 is 15.2 Å². The highest BCUT2D eigenvalue weighted by molar-refractivity contribution is 5.64. The summed E-state index contributed by atoms with van der Waals surface area (Å²) in [7, 11) is 1.65. The Morgan fingerprint density at radius 1 is 1.22 bits per heavy atom. The van der Waals surface area contributed by atoms with Crippen molar-refractivity contribution in [2.75, 3.05) is 19.0 Å². The highest BCUT2D eigenvalue weighted by Gasteiger charge is 2.10. The van der Waals surface area contributed by atoms with Crippen molar-refractivity contribution in [3.63, 3.8) is 0 Å². The Hall–Kier alpha value is -2.60. The number of nitrogens with one attached hydrogen (secondary N) is 1. The van der Waals surface area contributed by atoms with Crippen LogP contribution in [0.5, 0.6) is 5.75 Å². The number of aliphatic hydroxyl groups is 1. The number of anilines is 1. The average Bonchev–Trinajstić information content (AvgIpc) is 3.03. The molecule has 0 fully saturated rings. The van der Waals surface area contributed by atoms with E-state index in [9.17, 15) is 5.11 Å². The minimum atomic E-state index is -0.00657. The highest BCUT2D eigenvalue weighted by atomic mass is 16.5. The Labute approximate surface area is 134 Å². The molecule has 0 amide bonds. The molecule has 1 atom stereocenters. The summed E-state index contributed by atoms with van der Waals surface area (Å²) in [6.07, 6.45) is 2.63. The molecular weight excluding hydrogens is 292 g/mol. The minimum Gasteiger partial charge on any atom is -0.497 e. The van der Waals surface area contributed by atoms with Gasteiger partial charge in [-0.2, -0.15) is 0 Å². The van der Waals surface area contributed by atoms with E-state index in [1.807, 2.05) is 43.3 Å². The third-order valence-corrected chi connectivity index (χ3v) is 3.81. The first kappa shape index (κ1) is 15.3. The number of ether oxygens (including phenoxy) is 1. The fourth-order valence-electron chi connectivity index (χ4n) is 2.39. The maximum absolute atomic E-state index is 9.32. The number of methoxy groups -OCH3 is 1. The van der Waals surface area contributed by atoms with Crippen molar-refractivity contribution in [3.05, 3.63) is 42.6 Å². The smallest absolute Gasteiger partial charge is 0.154 e. The van der Waals surface area contributed by atoms with Gasteiger partial charge in [0.15, 0.2) is 5.65 Å². The van der Waals surface area contributed by atoms with Crippen LogP contribution in [0.25, 0.3) is 16.9 Å². The van der Waals surface area contributed by atoms with Gasteiger partial charge in [-0.1, -0.05) is 6.92 Å². The molecule has 3 rings (SSSR count). The third-order valence-electron chi connectivity index (χ3n) is 3.81. The molecule has 2 aromatic heterocycles. The van der Waals surface area contributed by atoms with E-state index in [1.165, 1.54) is 0 Å². The normalized spacial score (nSPS) is 12.3. The zero-order valence-electron chi connectivity index (χ0n) is 13.2. The van der Waals surface area contributed by atoms with Crippen molar-refractivity contribution >= 4 is 11.5 Å². The lowest BCUT2D eigenvalue weighted by Crippen LogP contribution is -2.23. The van der Waals surface area contributed by atoms with Gasteiger partial charge in [0.25, 0.3) is 0 Å². The zero-order valence-corrected chi connectivity index (χ0v) is 13.2. The van der Waals surface area contributed by atoms with Gasteiger partial charge in [-0.05, 0) is 42.8 Å². The van der Waals surface area contributed by atoms with Crippen LogP contribution in [0.2, 0.25) is 0 Å². The molecule has 120 valence electrons. The predicted octanol–water partition coefficient (Wildman–Crippen LogP) is 2.59. The Balaban J connectivity index is 1.97. The molecule has 0 bridgehead atoms. The molecule has 23 heavy (non-hydrogen) atoms. The summed E-state index contributed by atoms with van der Waals surface area (Å²) >= 11 is 0. The lowest BCUT2D eigenvalue weighted by atomic mass is 10.1. The number of rotatable bonds is 6. The zero-order chi connectivity index (χ0) is 16.2. The van der Waals surface area contributed by atoms with E-state index in [0.29, 0.717) is 5.82 Å². The van der Waals surface area contributed by atoms with Crippen molar-refractivity contribution < 1.29 is 9.84 Å². The van der Waals surface area contributed by atoms with E-state index in [4.69, 9.17) is 4.74 Å². The first-order valence-corrected chi connectivity index (χ1v) is 7.61. The van der Waals surface area contributed by atoms with Crippen LogP contribution >= 0.6 is 0 Å². The van der Waals surface area contributed by atoms with Gasteiger partial charge >= 0.3 is 0 Å². The van der Waals surface area contributed by atoms with E-state index in [1.54, 1.807) is 17.8 Å². The van der Waals surface area contributed by atoms with Crippen LogP contribution < -0.4 is 10.1 Å². The summed E-state index contributed by atoms with van der Waals surface area (Å²) in [4.78, 5) is 4.39. The largest absolute Gasteiger partial charge is 0.497 e. The van der Waals surface area contributed by atoms with Gasteiger partial charge in [-0.15, -0.1) is 5.10 Å². The number of hydrogen-bond donors (Lipinski definition) is 2. The fraction of sp³-hybridized carbons (Fsp3) is 0.294. The maximum Gasteiger partial charge on any atom is 0.154 e. The van der Waals surface area contributed by atoms with Crippen molar-refractivity contribution in [2.24, 2.45) is 0 Å². The van der Waals surface area contributed by atoms with E-state index in [2.05, 4.69) is 15.4 Å². The predicted molar refractivity (Wildman–Crippen MR) is 89.8 cm³/mol. The third kappa shape index (κ3) is 3.12. The number of fused-ring (bicyclic) bond motifs is 1. The quantitative estimate of drug-likeness (QED) is 0.732. The van der Waals surface area contributed by atoms with Crippen LogP contribution in [0.15, 0.2) is 42.6 Å². The summed E-state index contributed by atoms with van der Waals surface area (Å²) in [6.45, 7) is 2.10. The van der Waals surface area contributed by atoms with Gasteiger partial charge in [0.1, 0.15) is 11.6 Å². The molecule has 0 saturated carbocycles. The molecule has 0 saturated heterocycles. The molecule has 1 unspecified atom stereocenters. The van der Waals surface area contributed by atoms with Crippen LogP contribution in [-0.4, -0.2) is 39.5 Å². The molecule has 6 nitrogen and oxygen atoms in total. The summed E-state index contributed by atoms with van der Waals surface area (Å²) in [5.41, 5.74) is 2.69. The second-order valence-electron chi connectivity index (χ2n) is 5.29. The lowest BCUT2D eigenvalue weighted by Gasteiger charge is -2.14. The van der Waals surface area contributed by atoms with E-state index in [0.717, 1.165) is 29.1 Å². The monoisotopic (exact) mass is 312 g/mol. The van der Waals surface area contributed by atoms with Crippen molar-refractivity contribution in [2.45, 2.75) is 19.4 Å². The number of aromatic nitrogens is 3. The number of hydrogen-bond acceptors (Lipinski definition) is 5. The molecule has 1 aromatic carbocycles. The van der Waals surface area contributed by atoms with Gasteiger partial charge in [-0.3, -0.25) is 0 Å². The summed E-state index contributed by atoms with van der Waals surface area (Å²) in [5, 5.41) is 17.1. The van der Waals surface area contributed by atoms with Gasteiger partial charge in [-0.25, -0.2) is 9.50 Å². The number of benzene rings is 1. The first-order chi connectivity index (χ1) is 11.2. The van der Waals surface area contributed by atoms with E-state index < -0.39 is 0 Å². The molecule has 0 aliphatic rings. The Kier molecular flexibility index (Phi) is 4.43. The fourth-order valence-corrected chi connectivity index (χ4v) is 2.39. The van der Waals surface area contributed by atoms with E-state index >= 15 is 0 Å². The van der Waals surface area contributed by atoms with Crippen LogP contribution in [0.4, 0.5) is 5.82 Å². The molecule has 0 aliphatic heterocycles. The van der Waals surface area contributed by atoms with Crippen LogP contribution in [0.1, 0.15) is 13.3 Å². The summed E-state index contributed by atoms with van der Waals surface area (Å²) in [5.74, 6) is 1.53. The molecule has 2 heterocycles. The van der Waals surface area contributed by atoms with Crippen molar-refractivity contribution in [1.82, 2.24) is 14.6 Å². The van der Waals surface area contributed by atoms with Crippen LogP contribution in [0.3, 0.4) is 0 Å². The first-order valence-electron chi connectivity index (χ1n) is 7.61. The Morgan fingerprint density at radius 2 is 2.00 bits per heavy atom. The number of imidazole rings is 1. The van der Waals surface area contributed by atoms with Crippen molar-refractivity contribution in [1.29, 1.82) is 0 Å². The molecule has 3 aromatic rings. The lowest BCUT2D eigenvalue weighted by molar-refractivity contribution is 0.271. The molecule has 2 N–H and O–H groups in total. The molecule has 0 radical (unpaired) electrons. The summed E-state index contributed by atoms with van der Waals surface area (Å²) < 4.78 is 6.99. The molecular formula is C17H20N4O2. The highest BCUT2D eigenvalue weighted by Crippen LogP contribution is 2.23. The Bertz CT molecular complexity index is 779. The molecule has 0 spiro atoms. The number of aliphatic hydroxyl groups excluding tert-OH is 1. The second kappa shape index (κ2) is 6.66. The van der Waals surface area contributed by atoms with Gasteiger partial charge in [0.05, 0.1) is 31.6 Å². The molecule has 6 heteroatoms. The standard InChI is InChI=1S/C17H20N4O2/c1-3-13(11-22)19-16-8-9-17-18-10-15(21(17)20-16)12-4-6-14(23-2)7-5-12/h4-10,13,22H,3,11H2,1-2H3,(H,19,20). The van der Waals surface area contributed by atoms with Crippen molar-refractivity contribution in [3.8, 4) is 17.0 Å². The Morgan fingerprint density at radius 3 is 2.65 bits per heavy atom. The van der Waals surface area contributed by atoms with Crippen LogP contribution in [-0.2, 0) is 0 Å². The SMILES string of the molecule is CCC(CO)Nc1ccc2ncc(-c3ccc(OC)cc3)n2n1.